The van der Waals surface area contributed by atoms with E-state index in [0.29, 0.717) is 0 Å². The highest BCUT2D eigenvalue weighted by Gasteiger charge is 2.12. The fraction of sp³-hybridized carbons (Fsp3) is 0.533. The number of hydrogen-bond acceptors (Lipinski definition) is 5. The van der Waals surface area contributed by atoms with Crippen LogP contribution in [0, 0.1) is 0 Å². The fourth-order valence-electron chi connectivity index (χ4n) is 0.938. The number of hydrogen-bond donors (Lipinski definition) is 3. The summed E-state index contributed by atoms with van der Waals surface area (Å²) in [6.45, 7) is 9.52. The Morgan fingerprint density at radius 3 is 2.10 bits per heavy atom. The normalized spacial score (nSPS) is 10.3. The lowest BCUT2D eigenvalue weighted by Crippen LogP contribution is -2.18. The average molecular weight is 286 g/mol. The molecule has 0 saturated heterocycles. The van der Waals surface area contributed by atoms with Crippen LogP contribution in [0.3, 0.4) is 0 Å². The van der Waals surface area contributed by atoms with Gasteiger partial charge in [0, 0.05) is 0 Å². The molecular weight excluding hydrogens is 260 g/mol. The molecule has 0 spiro atoms. The maximum Gasteiger partial charge on any atom is 0.338 e. The van der Waals surface area contributed by atoms with Gasteiger partial charge in [-0.25, -0.2) is 4.79 Å². The highest BCUT2D eigenvalue weighted by molar-refractivity contribution is 5.90. The molecule has 3 N–H and O–H groups in total. The van der Waals surface area contributed by atoms with E-state index in [1.807, 2.05) is 13.8 Å². The molecular formula is C15H26O5. The van der Waals surface area contributed by atoms with E-state index in [2.05, 4.69) is 13.8 Å². The molecule has 0 aromatic heterocycles. The number of ether oxygens (including phenoxy) is 1. The molecule has 1 aromatic carbocycles. The van der Waals surface area contributed by atoms with Gasteiger partial charge in [0.1, 0.15) is 6.10 Å². The molecule has 5 heteroatoms. The van der Waals surface area contributed by atoms with Crippen LogP contribution in [0.1, 0.15) is 51.4 Å². The van der Waals surface area contributed by atoms with E-state index in [1.54, 1.807) is 0 Å². The third-order valence-electron chi connectivity index (χ3n) is 1.78. The lowest BCUT2D eigenvalue weighted by Gasteiger charge is -2.10. The van der Waals surface area contributed by atoms with Crippen molar-refractivity contribution >= 4 is 5.97 Å². The number of aromatic hydroxyl groups is 2. The lowest BCUT2D eigenvalue weighted by molar-refractivity contribution is 0.0196. The Hall–Kier alpha value is -1.75. The molecule has 0 aliphatic carbocycles. The Morgan fingerprint density at radius 1 is 1.20 bits per heavy atom. The first-order valence-electron chi connectivity index (χ1n) is 6.80. The van der Waals surface area contributed by atoms with Crippen LogP contribution in [0.2, 0.25) is 0 Å². The van der Waals surface area contributed by atoms with Crippen LogP contribution < -0.4 is 0 Å². The molecule has 1 rings (SSSR count). The number of carbonyl (C=O) groups excluding carboxylic acids is 1. The number of benzene rings is 1. The monoisotopic (exact) mass is 286 g/mol. The van der Waals surface area contributed by atoms with Crippen LogP contribution in [0.25, 0.3) is 0 Å². The molecule has 0 radical (unpaired) electrons. The highest BCUT2D eigenvalue weighted by Crippen LogP contribution is 2.25. The van der Waals surface area contributed by atoms with Gasteiger partial charge in [-0.1, -0.05) is 34.1 Å². The zero-order chi connectivity index (χ0) is 16.1. The van der Waals surface area contributed by atoms with E-state index in [-0.39, 0.29) is 23.7 Å². The number of aliphatic hydroxyl groups excluding tert-OH is 1. The van der Waals surface area contributed by atoms with Crippen molar-refractivity contribution in [2.24, 2.45) is 0 Å². The Morgan fingerprint density at radius 2 is 1.70 bits per heavy atom. The van der Waals surface area contributed by atoms with Crippen LogP contribution in [0.5, 0.6) is 11.5 Å². The molecule has 0 aliphatic rings. The molecule has 5 nitrogen and oxygen atoms in total. The summed E-state index contributed by atoms with van der Waals surface area (Å²) < 4.78 is 4.80. The van der Waals surface area contributed by atoms with Crippen molar-refractivity contribution in [3.63, 3.8) is 0 Å². The zero-order valence-corrected chi connectivity index (χ0v) is 12.9. The summed E-state index contributed by atoms with van der Waals surface area (Å²) in [5, 5.41) is 26.8. The van der Waals surface area contributed by atoms with E-state index in [4.69, 9.17) is 20.1 Å². The summed E-state index contributed by atoms with van der Waals surface area (Å²) in [6, 6.07) is 3.61. The van der Waals surface area contributed by atoms with Gasteiger partial charge in [-0.2, -0.15) is 0 Å². The minimum atomic E-state index is -0.660. The topological polar surface area (TPSA) is 87.0 Å². The van der Waals surface area contributed by atoms with Gasteiger partial charge in [-0.15, -0.1) is 0 Å². The number of esters is 1. The standard InChI is InChI=1S/C10H12O5.C3H8.C2H6/c1-6(5-11)15-10(14)7-2-3-8(12)9(13)4-7;1-3-2;1-2/h2-4,6,11-13H,5H2,1H3;3H2,1-2H3;1-2H3. The van der Waals surface area contributed by atoms with Crippen LogP contribution in [0.15, 0.2) is 18.2 Å². The SMILES string of the molecule is CC.CC(CO)OC(=O)c1ccc(O)c(O)c1.CCC. The van der Waals surface area contributed by atoms with E-state index in [1.165, 1.54) is 25.5 Å². The molecule has 1 unspecified atom stereocenters. The first kappa shape index (κ1) is 20.6. The second-order valence-corrected chi connectivity index (χ2v) is 3.81. The molecule has 0 bridgehead atoms. The van der Waals surface area contributed by atoms with Crippen molar-refractivity contribution < 1.29 is 24.9 Å². The molecule has 0 saturated carbocycles. The Kier molecular flexibility index (Phi) is 12.6. The lowest BCUT2D eigenvalue weighted by atomic mass is 10.2. The smallest absolute Gasteiger partial charge is 0.338 e. The van der Waals surface area contributed by atoms with Crippen molar-refractivity contribution in [1.82, 2.24) is 0 Å². The summed E-state index contributed by atoms with van der Waals surface area (Å²) in [5.41, 5.74) is 0.116. The Balaban J connectivity index is 0. The third kappa shape index (κ3) is 8.37. The number of aliphatic hydroxyl groups is 1. The van der Waals surface area contributed by atoms with Crippen molar-refractivity contribution in [3.8, 4) is 11.5 Å². The van der Waals surface area contributed by atoms with E-state index in [9.17, 15) is 4.79 Å². The van der Waals surface area contributed by atoms with Gasteiger partial charge >= 0.3 is 5.97 Å². The van der Waals surface area contributed by atoms with Crippen LogP contribution >= 0.6 is 0 Å². The van der Waals surface area contributed by atoms with Crippen LogP contribution in [-0.2, 0) is 4.74 Å². The van der Waals surface area contributed by atoms with Gasteiger partial charge in [-0.05, 0) is 25.1 Å². The first-order valence-corrected chi connectivity index (χ1v) is 6.80. The van der Waals surface area contributed by atoms with E-state index in [0.717, 1.165) is 6.07 Å². The second-order valence-electron chi connectivity index (χ2n) is 3.81. The number of rotatable bonds is 3. The van der Waals surface area contributed by atoms with Gasteiger partial charge in [0.2, 0.25) is 0 Å². The van der Waals surface area contributed by atoms with E-state index < -0.39 is 12.1 Å². The van der Waals surface area contributed by atoms with Crippen molar-refractivity contribution in [2.45, 2.75) is 47.1 Å². The van der Waals surface area contributed by atoms with Gasteiger partial charge in [0.15, 0.2) is 11.5 Å². The largest absolute Gasteiger partial charge is 0.504 e. The predicted octanol–water partition coefficient (Wildman–Crippen LogP) is 3.08. The molecule has 0 heterocycles. The Labute approximate surface area is 120 Å². The first-order chi connectivity index (χ1) is 9.46. The second kappa shape index (κ2) is 12.3. The minimum absolute atomic E-state index is 0.116. The number of phenols is 2. The van der Waals surface area contributed by atoms with Crippen LogP contribution in [0.4, 0.5) is 0 Å². The van der Waals surface area contributed by atoms with Crippen molar-refractivity contribution in [1.29, 1.82) is 0 Å². The summed E-state index contributed by atoms with van der Waals surface area (Å²) in [7, 11) is 0. The predicted molar refractivity (Wildman–Crippen MR) is 79.0 cm³/mol. The van der Waals surface area contributed by atoms with Gasteiger partial charge < -0.3 is 20.1 Å². The van der Waals surface area contributed by atoms with E-state index >= 15 is 0 Å². The molecule has 0 amide bonds. The quantitative estimate of drug-likeness (QED) is 0.587. The molecule has 0 aliphatic heterocycles. The maximum absolute atomic E-state index is 11.4. The van der Waals surface area contributed by atoms with Gasteiger partial charge in [-0.3, -0.25) is 0 Å². The third-order valence-corrected chi connectivity index (χ3v) is 1.78. The number of phenolic OH excluding ortho intramolecular Hbond substituents is 2. The summed E-state index contributed by atoms with van der Waals surface area (Å²) >= 11 is 0. The minimum Gasteiger partial charge on any atom is -0.504 e. The molecule has 1 atom stereocenters. The Bertz CT molecular complexity index is 377. The molecule has 20 heavy (non-hydrogen) atoms. The van der Waals surface area contributed by atoms with Crippen LogP contribution in [-0.4, -0.2) is 34.0 Å². The van der Waals surface area contributed by atoms with Crippen molar-refractivity contribution in [2.75, 3.05) is 6.61 Å². The zero-order valence-electron chi connectivity index (χ0n) is 12.9. The van der Waals surface area contributed by atoms with Crippen molar-refractivity contribution in [3.05, 3.63) is 23.8 Å². The summed E-state index contributed by atoms with van der Waals surface area (Å²) in [5.74, 6) is -1.35. The molecule has 1 aromatic rings. The fourth-order valence-corrected chi connectivity index (χ4v) is 0.938. The summed E-state index contributed by atoms with van der Waals surface area (Å²) in [4.78, 5) is 11.4. The number of carbonyl (C=O) groups is 1. The van der Waals surface area contributed by atoms with Gasteiger partial charge in [0.05, 0.1) is 12.2 Å². The average Bonchev–Trinajstić information content (AvgIpc) is 2.44. The molecule has 116 valence electrons. The maximum atomic E-state index is 11.4. The highest BCUT2D eigenvalue weighted by atomic mass is 16.5. The van der Waals surface area contributed by atoms with Gasteiger partial charge in [0.25, 0.3) is 0 Å². The molecule has 0 fully saturated rings. The summed E-state index contributed by atoms with van der Waals surface area (Å²) in [6.07, 6.45) is 0.647.